The van der Waals surface area contributed by atoms with E-state index in [1.165, 1.54) is 9.80 Å². The number of urea groups is 1. The molecule has 4 nitrogen and oxygen atoms in total. The molecule has 3 aromatic rings. The maximum Gasteiger partial charge on any atom is 0.332 e. The van der Waals surface area contributed by atoms with Gasteiger partial charge in [0.15, 0.2) is 0 Å². The van der Waals surface area contributed by atoms with E-state index in [0.717, 1.165) is 22.0 Å². The van der Waals surface area contributed by atoms with Crippen molar-refractivity contribution in [1.82, 2.24) is 4.90 Å². The molecule has 1 heterocycles. The molecule has 4 heteroatoms. The zero-order valence-corrected chi connectivity index (χ0v) is 13.1. The number of nitrogens with zero attached hydrogens (tertiary/aromatic N) is 2. The predicted octanol–water partition coefficient (Wildman–Crippen LogP) is 3.81. The fourth-order valence-electron chi connectivity index (χ4n) is 3.11. The molecule has 0 radical (unpaired) electrons. The van der Waals surface area contributed by atoms with Crippen LogP contribution in [0.5, 0.6) is 0 Å². The summed E-state index contributed by atoms with van der Waals surface area (Å²) in [4.78, 5) is 27.9. The highest BCUT2D eigenvalue weighted by Gasteiger charge is 2.36. The maximum absolute atomic E-state index is 12.7. The fourth-order valence-corrected chi connectivity index (χ4v) is 3.11. The van der Waals surface area contributed by atoms with Crippen LogP contribution < -0.4 is 4.90 Å². The summed E-state index contributed by atoms with van der Waals surface area (Å²) in [6.07, 6.45) is 0. The minimum atomic E-state index is -0.265. The molecule has 0 spiro atoms. The summed E-state index contributed by atoms with van der Waals surface area (Å²) in [7, 11) is 0. The van der Waals surface area contributed by atoms with E-state index in [4.69, 9.17) is 0 Å². The second kappa shape index (κ2) is 5.81. The Morgan fingerprint density at radius 2 is 1.50 bits per heavy atom. The van der Waals surface area contributed by atoms with E-state index in [9.17, 15) is 9.59 Å². The van der Waals surface area contributed by atoms with E-state index in [2.05, 4.69) is 0 Å². The molecule has 4 rings (SSSR count). The van der Waals surface area contributed by atoms with Crippen molar-refractivity contribution >= 4 is 28.4 Å². The Balaban J connectivity index is 1.65. The first-order valence-electron chi connectivity index (χ1n) is 7.87. The van der Waals surface area contributed by atoms with E-state index in [1.807, 2.05) is 72.8 Å². The summed E-state index contributed by atoms with van der Waals surface area (Å²) < 4.78 is 0. The van der Waals surface area contributed by atoms with Gasteiger partial charge >= 0.3 is 6.03 Å². The van der Waals surface area contributed by atoms with Crippen molar-refractivity contribution < 1.29 is 9.59 Å². The lowest BCUT2D eigenvalue weighted by Crippen LogP contribution is -2.32. The molecule has 1 fully saturated rings. The van der Waals surface area contributed by atoms with Crippen LogP contribution in [0.1, 0.15) is 5.56 Å². The van der Waals surface area contributed by atoms with Crippen LogP contribution in [0, 0.1) is 0 Å². The summed E-state index contributed by atoms with van der Waals surface area (Å²) in [6, 6.07) is 23.0. The number of imide groups is 1. The summed E-state index contributed by atoms with van der Waals surface area (Å²) in [6.45, 7) is 0.385. The molecule has 0 aromatic heterocycles. The summed E-state index contributed by atoms with van der Waals surface area (Å²) in [5.41, 5.74) is 1.72. The summed E-state index contributed by atoms with van der Waals surface area (Å²) in [5.74, 6) is -0.170. The molecule has 0 bridgehead atoms. The van der Waals surface area contributed by atoms with Crippen LogP contribution in [0.3, 0.4) is 0 Å². The normalized spacial score (nSPS) is 14.7. The van der Waals surface area contributed by atoms with Crippen molar-refractivity contribution in [2.45, 2.75) is 6.54 Å². The van der Waals surface area contributed by atoms with Crippen molar-refractivity contribution in [3.8, 4) is 0 Å². The monoisotopic (exact) mass is 316 g/mol. The van der Waals surface area contributed by atoms with E-state index < -0.39 is 0 Å². The van der Waals surface area contributed by atoms with Gasteiger partial charge in [0.2, 0.25) is 0 Å². The van der Waals surface area contributed by atoms with Crippen LogP contribution in [0.25, 0.3) is 10.8 Å². The van der Waals surface area contributed by atoms with E-state index >= 15 is 0 Å². The van der Waals surface area contributed by atoms with Crippen LogP contribution in [0.15, 0.2) is 72.8 Å². The van der Waals surface area contributed by atoms with Crippen LogP contribution >= 0.6 is 0 Å². The predicted molar refractivity (Wildman–Crippen MR) is 93.7 cm³/mol. The Morgan fingerprint density at radius 3 is 2.33 bits per heavy atom. The van der Waals surface area contributed by atoms with Gasteiger partial charge in [-0.2, -0.15) is 0 Å². The Hall–Kier alpha value is -3.14. The number of carbonyl (C=O) groups excluding carboxylic acids is 2. The molecular formula is C20H16N2O2. The van der Waals surface area contributed by atoms with Crippen molar-refractivity contribution in [2.75, 3.05) is 11.4 Å². The molecule has 0 aliphatic carbocycles. The lowest BCUT2D eigenvalue weighted by atomic mass is 10.0. The van der Waals surface area contributed by atoms with Crippen LogP contribution in [0.2, 0.25) is 0 Å². The Bertz CT molecular complexity index is 916. The number of para-hydroxylation sites is 1. The first kappa shape index (κ1) is 14.5. The molecule has 3 aromatic carbocycles. The largest absolute Gasteiger partial charge is 0.332 e. The maximum atomic E-state index is 12.7. The molecular weight excluding hydrogens is 300 g/mol. The number of benzene rings is 3. The number of amides is 3. The third-order valence-electron chi connectivity index (χ3n) is 4.33. The number of anilines is 1. The quantitative estimate of drug-likeness (QED) is 0.689. The van der Waals surface area contributed by atoms with E-state index in [1.54, 1.807) is 0 Å². The van der Waals surface area contributed by atoms with Gasteiger partial charge in [-0.25, -0.2) is 4.79 Å². The van der Waals surface area contributed by atoms with Crippen molar-refractivity contribution in [2.24, 2.45) is 0 Å². The highest BCUT2D eigenvalue weighted by atomic mass is 16.2. The summed E-state index contributed by atoms with van der Waals surface area (Å²) in [5, 5.41) is 2.17. The molecule has 0 saturated carbocycles. The molecule has 24 heavy (non-hydrogen) atoms. The van der Waals surface area contributed by atoms with Gasteiger partial charge in [0.05, 0.1) is 6.54 Å². The Labute approximate surface area is 139 Å². The molecule has 3 amide bonds. The zero-order chi connectivity index (χ0) is 16.5. The molecule has 0 atom stereocenters. The van der Waals surface area contributed by atoms with Gasteiger partial charge in [-0.15, -0.1) is 0 Å². The van der Waals surface area contributed by atoms with Crippen molar-refractivity contribution in [3.05, 3.63) is 78.4 Å². The van der Waals surface area contributed by atoms with Gasteiger partial charge in [0.1, 0.15) is 6.54 Å². The minimum Gasteiger partial charge on any atom is -0.285 e. The summed E-state index contributed by atoms with van der Waals surface area (Å²) >= 11 is 0. The molecule has 1 aliphatic rings. The Morgan fingerprint density at radius 1 is 0.792 bits per heavy atom. The first-order chi connectivity index (χ1) is 11.7. The third kappa shape index (κ3) is 2.42. The molecule has 0 unspecified atom stereocenters. The lowest BCUT2D eigenvalue weighted by molar-refractivity contribution is -0.125. The van der Waals surface area contributed by atoms with Gasteiger partial charge in [-0.3, -0.25) is 14.6 Å². The van der Waals surface area contributed by atoms with Crippen LogP contribution in [0.4, 0.5) is 10.5 Å². The average molecular weight is 316 g/mol. The Kier molecular flexibility index (Phi) is 3.50. The first-order valence-corrected chi connectivity index (χ1v) is 7.87. The van der Waals surface area contributed by atoms with Crippen LogP contribution in [-0.2, 0) is 11.3 Å². The molecule has 0 N–H and O–H groups in total. The number of hydrogen-bond acceptors (Lipinski definition) is 2. The standard InChI is InChI=1S/C20H16N2O2/c23-19-14-21(17-10-2-1-3-11-17)20(24)22(19)13-16-9-6-8-15-7-4-5-12-18(15)16/h1-12H,13-14H2. The van der Waals surface area contributed by atoms with Crippen molar-refractivity contribution in [1.29, 1.82) is 0 Å². The topological polar surface area (TPSA) is 40.6 Å². The highest BCUT2D eigenvalue weighted by Crippen LogP contribution is 2.25. The van der Waals surface area contributed by atoms with E-state index in [0.29, 0.717) is 6.54 Å². The number of rotatable bonds is 3. The van der Waals surface area contributed by atoms with Crippen LogP contribution in [-0.4, -0.2) is 23.4 Å². The smallest absolute Gasteiger partial charge is 0.285 e. The SMILES string of the molecule is O=C1CN(c2ccccc2)C(=O)N1Cc1cccc2ccccc12. The van der Waals surface area contributed by atoms with Crippen molar-refractivity contribution in [3.63, 3.8) is 0 Å². The number of carbonyl (C=O) groups is 2. The minimum absolute atomic E-state index is 0.0909. The molecule has 1 aliphatic heterocycles. The zero-order valence-electron chi connectivity index (χ0n) is 13.1. The van der Waals surface area contributed by atoms with Gasteiger partial charge in [0.25, 0.3) is 5.91 Å². The van der Waals surface area contributed by atoms with Gasteiger partial charge in [0, 0.05) is 5.69 Å². The highest BCUT2D eigenvalue weighted by molar-refractivity contribution is 6.12. The fraction of sp³-hybridized carbons (Fsp3) is 0.100. The second-order valence-corrected chi connectivity index (χ2v) is 5.82. The van der Waals surface area contributed by atoms with Gasteiger partial charge in [-0.1, -0.05) is 60.7 Å². The number of fused-ring (bicyclic) bond motifs is 1. The number of hydrogen-bond donors (Lipinski definition) is 0. The van der Waals surface area contributed by atoms with E-state index in [-0.39, 0.29) is 18.5 Å². The molecule has 118 valence electrons. The average Bonchev–Trinajstić information content (AvgIpc) is 2.91. The molecule has 1 saturated heterocycles. The lowest BCUT2D eigenvalue weighted by Gasteiger charge is -2.18. The second-order valence-electron chi connectivity index (χ2n) is 5.82. The van der Waals surface area contributed by atoms with Gasteiger partial charge < -0.3 is 0 Å². The third-order valence-corrected chi connectivity index (χ3v) is 4.33. The van der Waals surface area contributed by atoms with Gasteiger partial charge in [-0.05, 0) is 28.5 Å².